The average Bonchev–Trinajstić information content (AvgIpc) is 2.44. The Labute approximate surface area is 123 Å². The minimum atomic E-state index is -0.503. The number of nitrogens with two attached hydrogens (primary N) is 1. The van der Waals surface area contributed by atoms with Crippen LogP contribution in [-0.4, -0.2) is 31.0 Å². The lowest BCUT2D eigenvalue weighted by Gasteiger charge is -2.19. The maximum atomic E-state index is 11.8. The average molecular weight is 295 g/mol. The van der Waals surface area contributed by atoms with Crippen LogP contribution in [0.3, 0.4) is 0 Å². The van der Waals surface area contributed by atoms with E-state index in [9.17, 15) is 14.9 Å². The van der Waals surface area contributed by atoms with Crippen molar-refractivity contribution < 1.29 is 9.72 Å². The second kappa shape index (κ2) is 7.44. The van der Waals surface area contributed by atoms with Gasteiger partial charge in [0.1, 0.15) is 0 Å². The van der Waals surface area contributed by atoms with E-state index in [1.807, 2.05) is 13.8 Å². The summed E-state index contributed by atoms with van der Waals surface area (Å²) in [7, 11) is 1.69. The molecular formula is C13H21N5O3. The highest BCUT2D eigenvalue weighted by atomic mass is 16.6. The molecule has 1 aromatic rings. The quantitative estimate of drug-likeness (QED) is 0.394. The Bertz CT molecular complexity index is 519. The minimum absolute atomic E-state index is 0.0881. The molecule has 0 atom stereocenters. The van der Waals surface area contributed by atoms with Crippen molar-refractivity contribution in [2.45, 2.75) is 13.8 Å². The summed E-state index contributed by atoms with van der Waals surface area (Å²) in [6.45, 7) is 4.71. The van der Waals surface area contributed by atoms with Gasteiger partial charge in [-0.25, -0.2) is 0 Å². The monoisotopic (exact) mass is 295 g/mol. The smallest absolute Gasteiger partial charge is 0.273 e. The van der Waals surface area contributed by atoms with E-state index in [2.05, 4.69) is 10.7 Å². The third-order valence-corrected chi connectivity index (χ3v) is 2.81. The first-order valence-corrected chi connectivity index (χ1v) is 6.57. The summed E-state index contributed by atoms with van der Waals surface area (Å²) in [5, 5.41) is 13.7. The Hall–Kier alpha value is -2.35. The van der Waals surface area contributed by atoms with Gasteiger partial charge in [-0.3, -0.25) is 20.8 Å². The van der Waals surface area contributed by atoms with Crippen LogP contribution in [0, 0.1) is 16.0 Å². The number of nitro groups is 1. The maximum absolute atomic E-state index is 11.8. The molecule has 8 heteroatoms. The number of nitrogens with zero attached hydrogens (tertiary/aromatic N) is 2. The first kappa shape index (κ1) is 16.7. The van der Waals surface area contributed by atoms with Crippen molar-refractivity contribution in [2.24, 2.45) is 11.8 Å². The number of amides is 1. The molecule has 1 aromatic carbocycles. The number of carbonyl (C=O) groups excluding carboxylic acids is 1. The maximum Gasteiger partial charge on any atom is 0.273 e. The zero-order valence-corrected chi connectivity index (χ0v) is 12.4. The molecule has 4 N–H and O–H groups in total. The van der Waals surface area contributed by atoms with Gasteiger partial charge in [-0.05, 0) is 12.0 Å². The van der Waals surface area contributed by atoms with Crippen LogP contribution >= 0.6 is 0 Å². The number of likely N-dealkylation sites (N-methyl/N-ethyl adjacent to an activating group) is 1. The molecule has 0 bridgehead atoms. The number of hydrogen-bond donors (Lipinski definition) is 3. The zero-order chi connectivity index (χ0) is 16.0. The Balaban J connectivity index is 2.81. The van der Waals surface area contributed by atoms with E-state index < -0.39 is 4.92 Å². The first-order valence-electron chi connectivity index (χ1n) is 6.57. The van der Waals surface area contributed by atoms with Gasteiger partial charge in [-0.2, -0.15) is 0 Å². The second-order valence-electron chi connectivity index (χ2n) is 5.19. The topological polar surface area (TPSA) is 114 Å². The summed E-state index contributed by atoms with van der Waals surface area (Å²) < 4.78 is 0. The molecule has 0 spiro atoms. The summed E-state index contributed by atoms with van der Waals surface area (Å²) in [5.41, 5.74) is 3.24. The number of hydrazine groups is 1. The van der Waals surface area contributed by atoms with Crippen LogP contribution in [0.2, 0.25) is 0 Å². The van der Waals surface area contributed by atoms with Crippen LogP contribution in [0.1, 0.15) is 13.8 Å². The van der Waals surface area contributed by atoms with E-state index in [1.54, 1.807) is 18.0 Å². The number of nitro benzene ring substituents is 1. The van der Waals surface area contributed by atoms with Crippen LogP contribution in [0.5, 0.6) is 0 Å². The Morgan fingerprint density at radius 3 is 2.62 bits per heavy atom. The number of benzene rings is 1. The van der Waals surface area contributed by atoms with Crippen molar-refractivity contribution in [1.82, 2.24) is 5.32 Å². The van der Waals surface area contributed by atoms with Gasteiger partial charge in [-0.1, -0.05) is 13.8 Å². The van der Waals surface area contributed by atoms with Crippen LogP contribution in [0.4, 0.5) is 17.1 Å². The zero-order valence-electron chi connectivity index (χ0n) is 12.4. The van der Waals surface area contributed by atoms with Crippen LogP contribution in [0.25, 0.3) is 0 Å². The molecule has 0 aliphatic carbocycles. The third-order valence-electron chi connectivity index (χ3n) is 2.81. The van der Waals surface area contributed by atoms with Gasteiger partial charge in [0.15, 0.2) is 0 Å². The predicted molar refractivity (Wildman–Crippen MR) is 82.0 cm³/mol. The molecule has 0 radical (unpaired) electrons. The number of non-ortho nitro benzene ring substituents is 1. The van der Waals surface area contributed by atoms with E-state index in [1.165, 1.54) is 12.1 Å². The second-order valence-corrected chi connectivity index (χ2v) is 5.19. The Morgan fingerprint density at radius 2 is 2.10 bits per heavy atom. The highest BCUT2D eigenvalue weighted by Gasteiger charge is 2.14. The molecular weight excluding hydrogens is 274 g/mol. The van der Waals surface area contributed by atoms with Gasteiger partial charge in [0, 0.05) is 31.4 Å². The number of nitrogen functional groups attached to an aromatic ring is 1. The summed E-state index contributed by atoms with van der Waals surface area (Å²) in [6.07, 6.45) is 0. The van der Waals surface area contributed by atoms with E-state index in [0.717, 1.165) is 0 Å². The summed E-state index contributed by atoms with van der Waals surface area (Å²) in [5.74, 6) is 5.53. The van der Waals surface area contributed by atoms with Crippen molar-refractivity contribution >= 4 is 23.0 Å². The van der Waals surface area contributed by atoms with Gasteiger partial charge in [0.25, 0.3) is 5.69 Å². The lowest BCUT2D eigenvalue weighted by atomic mass is 10.2. The number of anilines is 2. The molecule has 1 rings (SSSR count). The van der Waals surface area contributed by atoms with E-state index in [4.69, 9.17) is 5.84 Å². The van der Waals surface area contributed by atoms with Crippen molar-refractivity contribution in [2.75, 3.05) is 30.5 Å². The molecule has 116 valence electrons. The van der Waals surface area contributed by atoms with E-state index in [0.29, 0.717) is 23.8 Å². The number of carbonyl (C=O) groups is 1. The molecule has 0 fully saturated rings. The summed E-state index contributed by atoms with van der Waals surface area (Å²) in [6, 6.07) is 4.37. The normalized spacial score (nSPS) is 10.3. The Kier molecular flexibility index (Phi) is 5.92. The molecule has 0 aliphatic heterocycles. The van der Waals surface area contributed by atoms with Crippen molar-refractivity contribution in [3.63, 3.8) is 0 Å². The molecule has 0 unspecified atom stereocenters. The van der Waals surface area contributed by atoms with Gasteiger partial charge >= 0.3 is 0 Å². The molecule has 21 heavy (non-hydrogen) atoms. The lowest BCUT2D eigenvalue weighted by Crippen LogP contribution is -2.36. The molecule has 0 aliphatic rings. The Morgan fingerprint density at radius 1 is 1.43 bits per heavy atom. The van der Waals surface area contributed by atoms with E-state index in [-0.39, 0.29) is 18.1 Å². The highest BCUT2D eigenvalue weighted by molar-refractivity contribution is 5.81. The summed E-state index contributed by atoms with van der Waals surface area (Å²) in [4.78, 5) is 23.8. The van der Waals surface area contributed by atoms with Crippen molar-refractivity contribution in [3.8, 4) is 0 Å². The van der Waals surface area contributed by atoms with Crippen LogP contribution in [0.15, 0.2) is 18.2 Å². The lowest BCUT2D eigenvalue weighted by molar-refractivity contribution is -0.384. The van der Waals surface area contributed by atoms with Crippen LogP contribution < -0.4 is 21.5 Å². The fraction of sp³-hybridized carbons (Fsp3) is 0.462. The standard InChI is InChI=1S/C13H21N5O3/c1-9(2)7-15-13(19)8-17(3)11-4-10(16-14)5-12(6-11)18(20)21/h4-6,9,16H,7-8,14H2,1-3H3,(H,15,19). The van der Waals surface area contributed by atoms with Gasteiger partial charge in [0.2, 0.25) is 5.91 Å². The predicted octanol–water partition coefficient (Wildman–Crippen LogP) is 1.09. The number of nitrogens with one attached hydrogen (secondary N) is 2. The number of hydrogen-bond acceptors (Lipinski definition) is 6. The highest BCUT2D eigenvalue weighted by Crippen LogP contribution is 2.25. The van der Waals surface area contributed by atoms with Gasteiger partial charge in [-0.15, -0.1) is 0 Å². The van der Waals surface area contributed by atoms with E-state index >= 15 is 0 Å². The molecule has 1 amide bonds. The third kappa shape index (κ3) is 5.27. The van der Waals surface area contributed by atoms with Crippen LogP contribution in [-0.2, 0) is 4.79 Å². The molecule has 0 saturated heterocycles. The van der Waals surface area contributed by atoms with Gasteiger partial charge < -0.3 is 15.6 Å². The fourth-order valence-corrected chi connectivity index (χ4v) is 1.68. The minimum Gasteiger partial charge on any atom is -0.365 e. The molecule has 8 nitrogen and oxygen atoms in total. The molecule has 0 aromatic heterocycles. The fourth-order valence-electron chi connectivity index (χ4n) is 1.68. The summed E-state index contributed by atoms with van der Waals surface area (Å²) >= 11 is 0. The van der Waals surface area contributed by atoms with Gasteiger partial charge in [0.05, 0.1) is 17.2 Å². The molecule has 0 saturated carbocycles. The van der Waals surface area contributed by atoms with Crippen molar-refractivity contribution in [1.29, 1.82) is 0 Å². The molecule has 0 heterocycles. The first-order chi connectivity index (χ1) is 9.83. The van der Waals surface area contributed by atoms with Crippen molar-refractivity contribution in [3.05, 3.63) is 28.3 Å². The SMILES string of the molecule is CC(C)CNC(=O)CN(C)c1cc(NN)cc([N+](=O)[O-])c1. The number of rotatable bonds is 7. The largest absolute Gasteiger partial charge is 0.365 e.